The van der Waals surface area contributed by atoms with E-state index in [2.05, 4.69) is 14.8 Å². The van der Waals surface area contributed by atoms with E-state index in [1.165, 1.54) is 12.1 Å². The zero-order chi connectivity index (χ0) is 15.9. The quantitative estimate of drug-likeness (QED) is 0.720. The van der Waals surface area contributed by atoms with E-state index in [-0.39, 0.29) is 11.4 Å². The Balaban J connectivity index is 2.54. The number of benzene rings is 1. The molecule has 1 aromatic rings. The fourth-order valence-corrected chi connectivity index (χ4v) is 2.47. The first kappa shape index (κ1) is 17.6. The van der Waals surface area contributed by atoms with Crippen molar-refractivity contribution in [1.82, 2.24) is 5.32 Å². The van der Waals surface area contributed by atoms with Crippen LogP contribution in [0.3, 0.4) is 0 Å². The zero-order valence-electron chi connectivity index (χ0n) is 11.4. The van der Waals surface area contributed by atoms with Gasteiger partial charge >= 0.3 is 6.36 Å². The van der Waals surface area contributed by atoms with E-state index in [1.54, 1.807) is 0 Å². The first-order valence-electron chi connectivity index (χ1n) is 6.29. The highest BCUT2D eigenvalue weighted by molar-refractivity contribution is 7.92. The Kier molecular flexibility index (Phi) is 6.28. The Bertz CT molecular complexity index is 530. The van der Waals surface area contributed by atoms with Crippen LogP contribution in [0.25, 0.3) is 0 Å². The summed E-state index contributed by atoms with van der Waals surface area (Å²) in [7, 11) is -3.54. The summed E-state index contributed by atoms with van der Waals surface area (Å²) in [4.78, 5) is 0. The maximum Gasteiger partial charge on any atom is 0.573 e. The van der Waals surface area contributed by atoms with Crippen LogP contribution in [0, 0.1) is 0 Å². The summed E-state index contributed by atoms with van der Waals surface area (Å²) in [6.07, 6.45) is -3.87. The van der Waals surface area contributed by atoms with E-state index in [1.807, 2.05) is 6.92 Å². The second kappa shape index (κ2) is 7.51. The molecule has 1 aromatic carbocycles. The Hall–Kier alpha value is -1.48. The lowest BCUT2D eigenvalue weighted by molar-refractivity contribution is -0.274. The Morgan fingerprint density at radius 2 is 1.76 bits per heavy atom. The predicted molar refractivity (Wildman–Crippen MR) is 73.7 cm³/mol. The fourth-order valence-electron chi connectivity index (χ4n) is 1.46. The fraction of sp³-hybridized carbons (Fsp3) is 0.500. The van der Waals surface area contributed by atoms with Crippen molar-refractivity contribution in [2.45, 2.75) is 19.7 Å². The van der Waals surface area contributed by atoms with Crippen LogP contribution in [-0.2, 0) is 10.0 Å². The van der Waals surface area contributed by atoms with E-state index in [9.17, 15) is 21.6 Å². The molecule has 9 heteroatoms. The molecule has 0 spiro atoms. The van der Waals surface area contributed by atoms with E-state index >= 15 is 0 Å². The highest BCUT2D eigenvalue weighted by atomic mass is 32.2. The van der Waals surface area contributed by atoms with Gasteiger partial charge in [-0.15, -0.1) is 13.2 Å². The topological polar surface area (TPSA) is 67.4 Å². The largest absolute Gasteiger partial charge is 0.573 e. The highest BCUT2D eigenvalue weighted by Gasteiger charge is 2.30. The molecule has 0 aliphatic rings. The van der Waals surface area contributed by atoms with Crippen LogP contribution in [0.1, 0.15) is 13.3 Å². The third kappa shape index (κ3) is 7.76. The van der Waals surface area contributed by atoms with Gasteiger partial charge in [0.15, 0.2) is 0 Å². The number of ether oxygens (including phenoxy) is 1. The summed E-state index contributed by atoms with van der Waals surface area (Å²) >= 11 is 0. The highest BCUT2D eigenvalue weighted by Crippen LogP contribution is 2.24. The van der Waals surface area contributed by atoms with Gasteiger partial charge in [-0.25, -0.2) is 8.42 Å². The van der Waals surface area contributed by atoms with Gasteiger partial charge in [0.1, 0.15) is 5.75 Å². The number of rotatable bonds is 8. The lowest BCUT2D eigenvalue weighted by atomic mass is 10.3. The standard InChI is InChI=1S/C12H17F3N2O3S/c1-2-7-16-8-9-21(18,19)17-10-3-5-11(6-4-10)20-12(13,14)15/h3-6,16-17H,2,7-9H2,1H3. The van der Waals surface area contributed by atoms with Crippen molar-refractivity contribution in [3.8, 4) is 5.75 Å². The lowest BCUT2D eigenvalue weighted by Gasteiger charge is -2.11. The molecule has 0 aliphatic heterocycles. The maximum absolute atomic E-state index is 12.0. The molecule has 1 rings (SSSR count). The normalized spacial score (nSPS) is 12.2. The second-order valence-corrected chi connectivity index (χ2v) is 6.08. The molecule has 0 aliphatic carbocycles. The van der Waals surface area contributed by atoms with E-state index < -0.39 is 22.1 Å². The Morgan fingerprint density at radius 3 is 2.29 bits per heavy atom. The Labute approximate surface area is 121 Å². The minimum absolute atomic E-state index is 0.117. The molecule has 0 saturated heterocycles. The summed E-state index contributed by atoms with van der Waals surface area (Å²) < 4.78 is 65.3. The molecule has 0 radical (unpaired) electrons. The molecule has 0 bridgehead atoms. The molecule has 120 valence electrons. The predicted octanol–water partition coefficient (Wildman–Crippen LogP) is 2.33. The zero-order valence-corrected chi connectivity index (χ0v) is 12.2. The van der Waals surface area contributed by atoms with Gasteiger partial charge < -0.3 is 10.1 Å². The van der Waals surface area contributed by atoms with Crippen LogP contribution in [0.15, 0.2) is 24.3 Å². The lowest BCUT2D eigenvalue weighted by Crippen LogP contribution is -2.27. The smallest absolute Gasteiger partial charge is 0.406 e. The van der Waals surface area contributed by atoms with E-state index in [4.69, 9.17) is 0 Å². The number of hydrogen-bond donors (Lipinski definition) is 2. The van der Waals surface area contributed by atoms with Gasteiger partial charge in [-0.3, -0.25) is 4.72 Å². The van der Waals surface area contributed by atoms with Crippen molar-refractivity contribution in [3.05, 3.63) is 24.3 Å². The van der Waals surface area contributed by atoms with Gasteiger partial charge in [0.05, 0.1) is 5.75 Å². The molecule has 0 saturated carbocycles. The summed E-state index contributed by atoms with van der Waals surface area (Å²) in [5, 5.41) is 2.95. The molecule has 21 heavy (non-hydrogen) atoms. The van der Waals surface area contributed by atoms with Gasteiger partial charge in [0, 0.05) is 12.2 Å². The van der Waals surface area contributed by atoms with Crippen molar-refractivity contribution in [2.24, 2.45) is 0 Å². The number of hydrogen-bond acceptors (Lipinski definition) is 4. The number of anilines is 1. The first-order valence-corrected chi connectivity index (χ1v) is 7.94. The van der Waals surface area contributed by atoms with E-state index in [0.29, 0.717) is 6.54 Å². The van der Waals surface area contributed by atoms with Crippen LogP contribution in [0.5, 0.6) is 5.75 Å². The third-order valence-electron chi connectivity index (χ3n) is 2.34. The molecule has 0 unspecified atom stereocenters. The van der Waals surface area contributed by atoms with Crippen molar-refractivity contribution in [3.63, 3.8) is 0 Å². The molecule has 0 atom stereocenters. The minimum atomic E-state index is -4.77. The SMILES string of the molecule is CCCNCCS(=O)(=O)Nc1ccc(OC(F)(F)F)cc1. The molecule has 0 amide bonds. The molecule has 2 N–H and O–H groups in total. The summed E-state index contributed by atoms with van der Waals surface area (Å²) in [5.74, 6) is -0.525. The third-order valence-corrected chi connectivity index (χ3v) is 3.62. The monoisotopic (exact) mass is 326 g/mol. The number of nitrogens with one attached hydrogen (secondary N) is 2. The molecule has 0 fully saturated rings. The summed E-state index contributed by atoms with van der Waals surface area (Å²) in [6, 6.07) is 4.50. The molecular weight excluding hydrogens is 309 g/mol. The van der Waals surface area contributed by atoms with Crippen molar-refractivity contribution >= 4 is 15.7 Å². The van der Waals surface area contributed by atoms with Crippen LogP contribution in [0.4, 0.5) is 18.9 Å². The van der Waals surface area contributed by atoms with Crippen LogP contribution < -0.4 is 14.8 Å². The maximum atomic E-state index is 12.0. The van der Waals surface area contributed by atoms with Gasteiger partial charge in [-0.1, -0.05) is 6.92 Å². The van der Waals surface area contributed by atoms with Crippen LogP contribution in [0.2, 0.25) is 0 Å². The Morgan fingerprint density at radius 1 is 1.14 bits per heavy atom. The van der Waals surface area contributed by atoms with Gasteiger partial charge in [-0.2, -0.15) is 0 Å². The van der Waals surface area contributed by atoms with Crippen molar-refractivity contribution in [2.75, 3.05) is 23.6 Å². The van der Waals surface area contributed by atoms with Crippen LogP contribution >= 0.6 is 0 Å². The second-order valence-electron chi connectivity index (χ2n) is 4.24. The average Bonchev–Trinajstić information content (AvgIpc) is 2.35. The number of sulfonamides is 1. The molecular formula is C12H17F3N2O3S. The average molecular weight is 326 g/mol. The summed E-state index contributed by atoms with van der Waals surface area (Å²) in [6.45, 7) is 2.99. The van der Waals surface area contributed by atoms with Gasteiger partial charge in [0.2, 0.25) is 10.0 Å². The van der Waals surface area contributed by atoms with Crippen LogP contribution in [-0.4, -0.2) is 33.6 Å². The minimum Gasteiger partial charge on any atom is -0.406 e. The molecule has 0 heterocycles. The van der Waals surface area contributed by atoms with Gasteiger partial charge in [-0.05, 0) is 37.2 Å². The van der Waals surface area contributed by atoms with Crippen molar-refractivity contribution in [1.29, 1.82) is 0 Å². The molecule has 5 nitrogen and oxygen atoms in total. The number of halogens is 3. The van der Waals surface area contributed by atoms with Crippen molar-refractivity contribution < 1.29 is 26.3 Å². The van der Waals surface area contributed by atoms with E-state index in [0.717, 1.165) is 25.1 Å². The first-order chi connectivity index (χ1) is 9.72. The summed E-state index contributed by atoms with van der Waals surface area (Å²) in [5.41, 5.74) is 0.181. The molecule has 0 aromatic heterocycles. The number of alkyl halides is 3. The van der Waals surface area contributed by atoms with Gasteiger partial charge in [0.25, 0.3) is 0 Å².